The Morgan fingerprint density at radius 1 is 1.02 bits per heavy atom. The number of amides is 1. The molecule has 5 N–H and O–H groups in total. The summed E-state index contributed by atoms with van der Waals surface area (Å²) in [5.74, 6) is -9.08. The van der Waals surface area contributed by atoms with Gasteiger partial charge in [-0.05, 0) is 66.6 Å². The molecule has 2 aromatic carbocycles. The van der Waals surface area contributed by atoms with Crippen LogP contribution in [0.3, 0.4) is 0 Å². The van der Waals surface area contributed by atoms with Crippen molar-refractivity contribution in [3.8, 4) is 16.9 Å². The molecule has 0 aromatic heterocycles. The van der Waals surface area contributed by atoms with Crippen LogP contribution >= 0.6 is 0 Å². The molecule has 0 saturated heterocycles. The van der Waals surface area contributed by atoms with Crippen LogP contribution in [0.2, 0.25) is 0 Å². The molecule has 9 heteroatoms. The average Bonchev–Trinajstić information content (AvgIpc) is 2.85. The fourth-order valence-corrected chi connectivity index (χ4v) is 7.24. The number of primary amides is 1. The molecule has 212 valence electrons. The van der Waals surface area contributed by atoms with E-state index in [9.17, 15) is 34.5 Å². The van der Waals surface area contributed by atoms with Crippen molar-refractivity contribution in [2.75, 3.05) is 14.1 Å². The van der Waals surface area contributed by atoms with E-state index in [-0.39, 0.29) is 29.6 Å². The minimum absolute atomic E-state index is 0.00736. The summed E-state index contributed by atoms with van der Waals surface area (Å²) in [4.78, 5) is 55.1. The second kappa shape index (κ2) is 9.33. The number of ketones is 3. The zero-order chi connectivity index (χ0) is 29.5. The number of phenols is 1. The van der Waals surface area contributed by atoms with Gasteiger partial charge in [-0.2, -0.15) is 0 Å². The molecule has 3 aliphatic carbocycles. The van der Waals surface area contributed by atoms with Crippen LogP contribution in [0.1, 0.15) is 48.7 Å². The number of hydrogen-bond acceptors (Lipinski definition) is 8. The fraction of sp³-hybridized carbons (Fsp3) is 0.484. The Hall–Kier alpha value is -3.40. The largest absolute Gasteiger partial charge is 0.507 e. The lowest BCUT2D eigenvalue weighted by atomic mass is 9.52. The molecule has 0 aliphatic heterocycles. The molecule has 0 bridgehead atoms. The lowest BCUT2D eigenvalue weighted by Gasteiger charge is -2.54. The maximum absolute atomic E-state index is 14.0. The number of aromatic hydroxyl groups is 1. The summed E-state index contributed by atoms with van der Waals surface area (Å²) in [5, 5.41) is 33.5. The molecule has 5 rings (SSSR count). The number of Topliss-reactive ketones (excluding diaryl/α,β-unsaturated/α-hetero) is 3. The van der Waals surface area contributed by atoms with Gasteiger partial charge in [-0.1, -0.05) is 51.1 Å². The van der Waals surface area contributed by atoms with Crippen LogP contribution in [0.15, 0.2) is 36.4 Å². The molecule has 9 nitrogen and oxygen atoms in total. The van der Waals surface area contributed by atoms with Crippen LogP contribution in [0.25, 0.3) is 11.1 Å². The Labute approximate surface area is 233 Å². The molecular formula is C31H36N2O7. The maximum Gasteiger partial charge on any atom is 0.230 e. The number of fused-ring (bicyclic) bond motifs is 3. The van der Waals surface area contributed by atoms with Gasteiger partial charge in [0.05, 0.1) is 17.6 Å². The van der Waals surface area contributed by atoms with Crippen molar-refractivity contribution >= 4 is 23.3 Å². The number of rotatable bonds is 3. The number of nitrogens with two attached hydrogens (primary N) is 1. The van der Waals surface area contributed by atoms with E-state index >= 15 is 0 Å². The Kier molecular flexibility index (Phi) is 6.56. The number of carbonyl (C=O) groups excluding carboxylic acids is 4. The predicted molar refractivity (Wildman–Crippen MR) is 146 cm³/mol. The fourth-order valence-electron chi connectivity index (χ4n) is 7.24. The number of benzene rings is 2. The number of phenolic OH excluding ortho intramolecular Hbond substituents is 1. The third-order valence-corrected chi connectivity index (χ3v) is 9.24. The minimum atomic E-state index is -2.67. The summed E-state index contributed by atoms with van der Waals surface area (Å²) in [7, 11) is 3.24. The monoisotopic (exact) mass is 548 g/mol. The van der Waals surface area contributed by atoms with Crippen LogP contribution in [-0.2, 0) is 26.2 Å². The lowest BCUT2D eigenvalue weighted by Crippen LogP contribution is -2.75. The van der Waals surface area contributed by atoms with Crippen LogP contribution in [0.5, 0.6) is 5.75 Å². The van der Waals surface area contributed by atoms with Crippen molar-refractivity contribution in [3.63, 3.8) is 0 Å². The zero-order valence-corrected chi connectivity index (χ0v) is 23.3. The quantitative estimate of drug-likeness (QED) is 0.421. The van der Waals surface area contributed by atoms with Gasteiger partial charge in [0.15, 0.2) is 23.0 Å². The summed E-state index contributed by atoms with van der Waals surface area (Å²) in [6, 6.07) is 10.2. The third kappa shape index (κ3) is 3.94. The average molecular weight is 549 g/mol. The molecule has 0 heterocycles. The summed E-state index contributed by atoms with van der Waals surface area (Å²) in [6.07, 6.45) is -1.20. The number of aliphatic hydroxyl groups excluding tert-OH is 1. The Bertz CT molecular complexity index is 1420. The van der Waals surface area contributed by atoms with Crippen molar-refractivity contribution in [3.05, 3.63) is 53.1 Å². The first kappa shape index (κ1) is 28.1. The highest BCUT2D eigenvalue weighted by atomic mass is 16.3. The molecular weight excluding hydrogens is 512 g/mol. The molecule has 2 aromatic rings. The van der Waals surface area contributed by atoms with Gasteiger partial charge >= 0.3 is 0 Å². The molecule has 40 heavy (non-hydrogen) atoms. The molecule has 2 saturated carbocycles. The van der Waals surface area contributed by atoms with E-state index in [1.165, 1.54) is 6.07 Å². The first-order valence-corrected chi connectivity index (χ1v) is 13.6. The van der Waals surface area contributed by atoms with Gasteiger partial charge in [-0.3, -0.25) is 19.2 Å². The number of nitrogens with zero attached hydrogens (tertiary/aromatic N) is 1. The van der Waals surface area contributed by atoms with Gasteiger partial charge in [0.25, 0.3) is 0 Å². The minimum Gasteiger partial charge on any atom is -0.507 e. The van der Waals surface area contributed by atoms with E-state index in [0.717, 1.165) is 16.7 Å². The zero-order valence-electron chi connectivity index (χ0n) is 23.3. The smallest absolute Gasteiger partial charge is 0.230 e. The van der Waals surface area contributed by atoms with Gasteiger partial charge in [-0.15, -0.1) is 0 Å². The highest BCUT2D eigenvalue weighted by molar-refractivity contribution is 6.25. The van der Waals surface area contributed by atoms with E-state index in [0.29, 0.717) is 5.56 Å². The van der Waals surface area contributed by atoms with Gasteiger partial charge in [-0.25, -0.2) is 0 Å². The van der Waals surface area contributed by atoms with E-state index in [4.69, 9.17) is 5.73 Å². The second-order valence-electron chi connectivity index (χ2n) is 12.8. The van der Waals surface area contributed by atoms with Crippen LogP contribution in [-0.4, -0.2) is 75.3 Å². The second-order valence-corrected chi connectivity index (χ2v) is 12.8. The summed E-state index contributed by atoms with van der Waals surface area (Å²) >= 11 is 0. The third-order valence-electron chi connectivity index (χ3n) is 9.24. The van der Waals surface area contributed by atoms with Crippen molar-refractivity contribution in [2.24, 2.45) is 29.4 Å². The van der Waals surface area contributed by atoms with Gasteiger partial charge in [0.1, 0.15) is 11.7 Å². The van der Waals surface area contributed by atoms with Gasteiger partial charge in [0, 0.05) is 12.0 Å². The number of aliphatic hydroxyl groups is 2. The van der Waals surface area contributed by atoms with Gasteiger partial charge in [0.2, 0.25) is 5.91 Å². The van der Waals surface area contributed by atoms with E-state index in [1.807, 2.05) is 24.3 Å². The first-order chi connectivity index (χ1) is 18.6. The van der Waals surface area contributed by atoms with Crippen molar-refractivity contribution in [1.82, 2.24) is 4.90 Å². The normalized spacial score (nSPS) is 31.9. The Morgan fingerprint density at radius 2 is 1.65 bits per heavy atom. The highest BCUT2D eigenvalue weighted by Crippen LogP contribution is 2.52. The van der Waals surface area contributed by atoms with Crippen LogP contribution in [0.4, 0.5) is 0 Å². The molecule has 0 spiro atoms. The number of likely N-dealkylation sites (N-methyl/N-ethyl adjacent to an activating group) is 1. The molecule has 0 radical (unpaired) electrons. The number of hydrogen-bond donors (Lipinski definition) is 4. The van der Waals surface area contributed by atoms with E-state index in [2.05, 4.69) is 20.8 Å². The highest BCUT2D eigenvalue weighted by Gasteiger charge is 2.69. The first-order valence-electron chi connectivity index (χ1n) is 13.6. The van der Waals surface area contributed by atoms with Crippen molar-refractivity contribution in [2.45, 2.75) is 56.8 Å². The van der Waals surface area contributed by atoms with E-state index in [1.54, 1.807) is 25.1 Å². The molecule has 2 fully saturated rings. The van der Waals surface area contributed by atoms with E-state index < -0.39 is 64.7 Å². The van der Waals surface area contributed by atoms with Crippen LogP contribution < -0.4 is 5.73 Å². The van der Waals surface area contributed by atoms with Crippen molar-refractivity contribution < 1.29 is 34.5 Å². The summed E-state index contributed by atoms with van der Waals surface area (Å²) < 4.78 is 0. The maximum atomic E-state index is 14.0. The summed E-state index contributed by atoms with van der Waals surface area (Å²) in [6.45, 7) is 6.35. The van der Waals surface area contributed by atoms with Gasteiger partial charge < -0.3 is 26.0 Å². The SMILES string of the molecule is CN(C)[C@H]1C(O)C(C(N)=O)C(=O)[C@]2(O)C(=O)C3C(=O)c4c(O)ccc(-c5ccc(C(C)(C)C)cc5)c4C[C@@H]3C[C@H]12. The Morgan fingerprint density at radius 3 is 2.20 bits per heavy atom. The molecule has 7 atom stereocenters. The van der Waals surface area contributed by atoms with Crippen molar-refractivity contribution in [1.29, 1.82) is 0 Å². The Balaban J connectivity index is 1.62. The summed E-state index contributed by atoms with van der Waals surface area (Å²) in [5.41, 5.74) is 6.07. The lowest BCUT2D eigenvalue weighted by molar-refractivity contribution is -0.190. The molecule has 3 aliphatic rings. The standard InChI is InChI=1S/C31H36N2O7/c1-30(2,3)16-8-6-14(7-9-16)17-10-11-20(34)22-18(17)12-15-13-19-24(33(4)5)26(36)23(29(32)39)28(38)31(19,40)27(37)21(15)25(22)35/h6-11,15,19,21,23-24,26,34,36,40H,12-13H2,1-5H3,(H2,32,39)/t15-,19-,21?,23?,24-,26?,31-/m1/s1. The molecule has 1 amide bonds. The molecule has 3 unspecified atom stereocenters. The van der Waals surface area contributed by atoms with Crippen LogP contribution in [0, 0.1) is 23.7 Å². The number of carbonyl (C=O) groups is 4. The topological polar surface area (TPSA) is 158 Å². The predicted octanol–water partition coefficient (Wildman–Crippen LogP) is 1.62.